The van der Waals surface area contributed by atoms with E-state index in [0.29, 0.717) is 17.9 Å². The second-order valence-electron chi connectivity index (χ2n) is 7.58. The fourth-order valence-electron chi connectivity index (χ4n) is 3.92. The lowest BCUT2D eigenvalue weighted by Gasteiger charge is -2.15. The molecule has 2 aromatic carbocycles. The fourth-order valence-corrected chi connectivity index (χ4v) is 3.92. The van der Waals surface area contributed by atoms with E-state index in [1.165, 1.54) is 0 Å². The van der Waals surface area contributed by atoms with E-state index >= 15 is 0 Å². The first-order valence-corrected chi connectivity index (χ1v) is 10.2. The Hall–Kier alpha value is -2.76. The SMILES string of the molecule is CCCc1ncc(Cc2cc3cc(C)ccc3nc2O)c2cc(OC)c(OC)cc12.Cl.Cl. The molecular formula is C25H28Cl2N2O3. The molecule has 0 aliphatic rings. The summed E-state index contributed by atoms with van der Waals surface area (Å²) in [6.45, 7) is 4.19. The van der Waals surface area contributed by atoms with Crippen LogP contribution in [0.4, 0.5) is 0 Å². The van der Waals surface area contributed by atoms with Crippen molar-refractivity contribution in [3.63, 3.8) is 0 Å². The number of pyridine rings is 2. The number of benzene rings is 2. The molecule has 0 atom stereocenters. The van der Waals surface area contributed by atoms with E-state index in [-0.39, 0.29) is 30.7 Å². The van der Waals surface area contributed by atoms with Gasteiger partial charge in [-0.1, -0.05) is 25.0 Å². The Balaban J connectivity index is 0.00000181. The number of rotatable bonds is 6. The average Bonchev–Trinajstić information content (AvgIpc) is 2.75. The second-order valence-corrected chi connectivity index (χ2v) is 7.58. The number of fused-ring (bicyclic) bond motifs is 2. The van der Waals surface area contributed by atoms with Crippen molar-refractivity contribution in [2.24, 2.45) is 0 Å². The normalized spacial score (nSPS) is 10.5. The molecule has 5 nitrogen and oxygen atoms in total. The minimum atomic E-state index is 0. The molecular weight excluding hydrogens is 447 g/mol. The van der Waals surface area contributed by atoms with E-state index in [0.717, 1.165) is 56.9 Å². The lowest BCUT2D eigenvalue weighted by atomic mass is 9.97. The summed E-state index contributed by atoms with van der Waals surface area (Å²) in [6.07, 6.45) is 4.31. The molecule has 0 unspecified atom stereocenters. The molecule has 0 radical (unpaired) electrons. The van der Waals surface area contributed by atoms with E-state index in [4.69, 9.17) is 14.5 Å². The van der Waals surface area contributed by atoms with Crippen LogP contribution in [0.15, 0.2) is 42.6 Å². The summed E-state index contributed by atoms with van der Waals surface area (Å²) in [7, 11) is 3.28. The Morgan fingerprint density at radius 1 is 0.906 bits per heavy atom. The monoisotopic (exact) mass is 474 g/mol. The van der Waals surface area contributed by atoms with Gasteiger partial charge in [0, 0.05) is 34.6 Å². The molecule has 32 heavy (non-hydrogen) atoms. The largest absolute Gasteiger partial charge is 0.493 e. The Bertz CT molecular complexity index is 1250. The standard InChI is InChI=1S/C25H26N2O3.2ClH/c1-5-6-22-20-13-24(30-4)23(29-3)12-19(20)18(14-26-22)11-17-10-16-9-15(2)7-8-21(16)27-25(17)28;;/h7-10,12-14H,5-6,11H2,1-4H3,(H,27,28);2*1H. The molecule has 0 spiro atoms. The number of nitrogens with zero attached hydrogens (tertiary/aromatic N) is 2. The van der Waals surface area contributed by atoms with E-state index in [1.807, 2.05) is 36.5 Å². The van der Waals surface area contributed by atoms with Crippen molar-refractivity contribution >= 4 is 46.5 Å². The van der Waals surface area contributed by atoms with Gasteiger partial charge in [0.05, 0.1) is 19.7 Å². The van der Waals surface area contributed by atoms with Gasteiger partial charge in [0.1, 0.15) is 0 Å². The first-order chi connectivity index (χ1) is 14.5. The lowest BCUT2D eigenvalue weighted by molar-refractivity contribution is 0.356. The molecule has 0 amide bonds. The number of aromatic hydroxyl groups is 1. The highest BCUT2D eigenvalue weighted by Crippen LogP contribution is 2.36. The zero-order valence-corrected chi connectivity index (χ0v) is 20.3. The average molecular weight is 475 g/mol. The predicted octanol–water partition coefficient (Wildman–Crippen LogP) is 6.20. The first-order valence-electron chi connectivity index (χ1n) is 10.2. The third kappa shape index (κ3) is 4.84. The van der Waals surface area contributed by atoms with Crippen LogP contribution in [0, 0.1) is 6.92 Å². The van der Waals surface area contributed by atoms with E-state index in [2.05, 4.69) is 24.9 Å². The highest BCUT2D eigenvalue weighted by Gasteiger charge is 2.15. The number of aromatic nitrogens is 2. The maximum atomic E-state index is 10.6. The van der Waals surface area contributed by atoms with Crippen LogP contribution >= 0.6 is 24.8 Å². The molecule has 0 bridgehead atoms. The van der Waals surface area contributed by atoms with Crippen molar-refractivity contribution in [3.8, 4) is 17.4 Å². The van der Waals surface area contributed by atoms with Crippen molar-refractivity contribution in [3.05, 3.63) is 65.0 Å². The van der Waals surface area contributed by atoms with E-state index < -0.39 is 0 Å². The number of aryl methyl sites for hydroxylation is 2. The number of halogens is 2. The number of hydrogen-bond donors (Lipinski definition) is 1. The Morgan fingerprint density at radius 3 is 2.25 bits per heavy atom. The van der Waals surface area contributed by atoms with Gasteiger partial charge in [-0.25, -0.2) is 4.98 Å². The van der Waals surface area contributed by atoms with Gasteiger partial charge in [-0.05, 0) is 54.6 Å². The van der Waals surface area contributed by atoms with E-state index in [1.54, 1.807) is 14.2 Å². The Morgan fingerprint density at radius 2 is 1.59 bits per heavy atom. The lowest BCUT2D eigenvalue weighted by Crippen LogP contribution is -2.00. The van der Waals surface area contributed by atoms with Crippen molar-refractivity contribution in [2.75, 3.05) is 14.2 Å². The van der Waals surface area contributed by atoms with Gasteiger partial charge in [-0.2, -0.15) is 0 Å². The van der Waals surface area contributed by atoms with Crippen LogP contribution in [0.2, 0.25) is 0 Å². The van der Waals surface area contributed by atoms with Crippen LogP contribution in [0.5, 0.6) is 17.4 Å². The van der Waals surface area contributed by atoms with Crippen LogP contribution in [0.3, 0.4) is 0 Å². The van der Waals surface area contributed by atoms with Gasteiger partial charge in [0.2, 0.25) is 5.88 Å². The van der Waals surface area contributed by atoms with Crippen LogP contribution in [-0.2, 0) is 12.8 Å². The van der Waals surface area contributed by atoms with Crippen LogP contribution < -0.4 is 9.47 Å². The van der Waals surface area contributed by atoms with Crippen LogP contribution in [-0.4, -0.2) is 29.3 Å². The summed E-state index contributed by atoms with van der Waals surface area (Å²) in [5.74, 6) is 1.42. The van der Waals surface area contributed by atoms with Gasteiger partial charge in [-0.15, -0.1) is 24.8 Å². The van der Waals surface area contributed by atoms with Gasteiger partial charge in [0.15, 0.2) is 11.5 Å². The predicted molar refractivity (Wildman–Crippen MR) is 134 cm³/mol. The second kappa shape index (κ2) is 10.7. The Kier molecular flexibility index (Phi) is 8.53. The highest BCUT2D eigenvalue weighted by atomic mass is 35.5. The summed E-state index contributed by atoms with van der Waals surface area (Å²) in [4.78, 5) is 9.12. The molecule has 0 aliphatic heterocycles. The summed E-state index contributed by atoms with van der Waals surface area (Å²) < 4.78 is 11.0. The van der Waals surface area contributed by atoms with Gasteiger partial charge in [-0.3, -0.25) is 4.98 Å². The minimum absolute atomic E-state index is 0. The first kappa shape index (κ1) is 25.5. The number of ether oxygens (including phenoxy) is 2. The van der Waals surface area contributed by atoms with E-state index in [9.17, 15) is 5.11 Å². The molecule has 2 heterocycles. The molecule has 4 aromatic rings. The zero-order chi connectivity index (χ0) is 21.3. The third-order valence-electron chi connectivity index (χ3n) is 5.45. The molecule has 2 aromatic heterocycles. The maximum absolute atomic E-state index is 10.6. The van der Waals surface area contributed by atoms with Gasteiger partial charge >= 0.3 is 0 Å². The molecule has 0 saturated heterocycles. The summed E-state index contributed by atoms with van der Waals surface area (Å²) >= 11 is 0. The van der Waals surface area contributed by atoms with Gasteiger partial charge in [0.25, 0.3) is 0 Å². The summed E-state index contributed by atoms with van der Waals surface area (Å²) in [6, 6.07) is 12.0. The zero-order valence-electron chi connectivity index (χ0n) is 18.6. The van der Waals surface area contributed by atoms with Crippen molar-refractivity contribution < 1.29 is 14.6 Å². The smallest absolute Gasteiger partial charge is 0.214 e. The van der Waals surface area contributed by atoms with Gasteiger partial charge < -0.3 is 14.6 Å². The van der Waals surface area contributed by atoms with Crippen molar-refractivity contribution in [1.29, 1.82) is 0 Å². The highest BCUT2D eigenvalue weighted by molar-refractivity contribution is 5.91. The maximum Gasteiger partial charge on any atom is 0.214 e. The molecule has 0 saturated carbocycles. The quantitative estimate of drug-likeness (QED) is 0.360. The Labute approximate surface area is 200 Å². The van der Waals surface area contributed by atoms with Crippen LogP contribution in [0.1, 0.15) is 35.7 Å². The number of methoxy groups -OCH3 is 2. The molecule has 4 rings (SSSR count). The molecule has 0 fully saturated rings. The topological polar surface area (TPSA) is 64.5 Å². The fraction of sp³-hybridized carbons (Fsp3) is 0.280. The molecule has 1 N–H and O–H groups in total. The molecule has 170 valence electrons. The third-order valence-corrected chi connectivity index (χ3v) is 5.45. The summed E-state index contributed by atoms with van der Waals surface area (Å²) in [5.41, 5.74) is 4.76. The van der Waals surface area contributed by atoms with Crippen molar-refractivity contribution in [2.45, 2.75) is 33.1 Å². The minimum Gasteiger partial charge on any atom is -0.493 e. The van der Waals surface area contributed by atoms with Crippen molar-refractivity contribution in [1.82, 2.24) is 9.97 Å². The summed E-state index contributed by atoms with van der Waals surface area (Å²) in [5, 5.41) is 13.7. The number of hydrogen-bond acceptors (Lipinski definition) is 5. The van der Waals surface area contributed by atoms with Crippen LogP contribution in [0.25, 0.3) is 21.7 Å². The molecule has 7 heteroatoms. The molecule has 0 aliphatic carbocycles.